The summed E-state index contributed by atoms with van der Waals surface area (Å²) < 4.78 is 38.1. The highest BCUT2D eigenvalue weighted by atomic mass is 28.4. The lowest BCUT2D eigenvalue weighted by molar-refractivity contribution is -0.0470. The van der Waals surface area contributed by atoms with Crippen LogP contribution in [0.5, 0.6) is 0 Å². The second-order valence-electron chi connectivity index (χ2n) is 19.2. The lowest BCUT2D eigenvalue weighted by Gasteiger charge is -2.44. The van der Waals surface area contributed by atoms with Gasteiger partial charge in [-0.15, -0.1) is 0 Å². The topological polar surface area (TPSA) is 140 Å². The summed E-state index contributed by atoms with van der Waals surface area (Å²) in [5.41, 5.74) is 1.86. The number of hydrogen-bond donors (Lipinski definition) is 2. The van der Waals surface area contributed by atoms with E-state index in [1.54, 1.807) is 23.4 Å². The van der Waals surface area contributed by atoms with Crippen LogP contribution in [0, 0.1) is 0 Å². The molecule has 5 heterocycles. The average Bonchev–Trinajstić information content (AvgIpc) is 3.82. The fraction of sp³-hybridized carbons (Fsp3) is 0.778. The van der Waals surface area contributed by atoms with Crippen molar-refractivity contribution in [1.82, 2.24) is 29.3 Å². The van der Waals surface area contributed by atoms with E-state index in [0.29, 0.717) is 48.3 Å². The number of aliphatic hydroxyl groups is 1. The maximum Gasteiger partial charge on any atom is 0.254 e. The first kappa shape index (κ1) is 41.1. The highest BCUT2D eigenvalue weighted by Crippen LogP contribution is 2.47. The van der Waals surface area contributed by atoms with Gasteiger partial charge >= 0.3 is 0 Å². The van der Waals surface area contributed by atoms with E-state index in [9.17, 15) is 5.11 Å². The molecule has 292 valence electrons. The summed E-state index contributed by atoms with van der Waals surface area (Å²) in [5, 5.41) is 17.7. The van der Waals surface area contributed by atoms with E-state index < -0.39 is 49.5 Å². The molecule has 5 rings (SSSR count). The van der Waals surface area contributed by atoms with Crippen LogP contribution in [-0.4, -0.2) is 104 Å². The number of aliphatic hydroxyl groups excluding tert-OH is 1. The monoisotopic (exact) mass is 775 g/mol. The molecule has 3 aromatic heterocycles. The first-order valence-electron chi connectivity index (χ1n) is 18.7. The minimum atomic E-state index is -2.38. The highest BCUT2D eigenvalue weighted by Gasteiger charge is 2.55. The normalized spacial score (nSPS) is 24.0. The van der Waals surface area contributed by atoms with Gasteiger partial charge in [-0.3, -0.25) is 4.57 Å². The molecule has 2 saturated heterocycles. The number of anilines is 1. The van der Waals surface area contributed by atoms with Gasteiger partial charge in [-0.05, 0) is 60.8 Å². The predicted octanol–water partition coefficient (Wildman–Crippen LogP) is 7.41. The SMILES string of the molecule is CC(C)(C)[Si](C)(C)OC[C@H]1O[C@@H](n2cnc3c(NC4CCOC4)nc(-n4cc(CO)cn4)nc32)[C@H](O[Si](C)(C)C(C)(C)C)[C@@H]1O[Si](C)(C)C(C)(C)C. The van der Waals surface area contributed by atoms with Crippen molar-refractivity contribution in [3.8, 4) is 5.95 Å². The number of nitrogens with one attached hydrogen (secondary N) is 1. The van der Waals surface area contributed by atoms with Gasteiger partial charge in [-0.2, -0.15) is 15.1 Å². The van der Waals surface area contributed by atoms with Gasteiger partial charge in [0.2, 0.25) is 0 Å². The number of ether oxygens (including phenoxy) is 2. The van der Waals surface area contributed by atoms with Crippen molar-refractivity contribution < 1.29 is 27.9 Å². The van der Waals surface area contributed by atoms with Gasteiger partial charge < -0.3 is 33.2 Å². The van der Waals surface area contributed by atoms with Gasteiger partial charge in [0.25, 0.3) is 5.95 Å². The Kier molecular flexibility index (Phi) is 11.5. The summed E-state index contributed by atoms with van der Waals surface area (Å²) in [6, 6.07) is 0.0818. The lowest BCUT2D eigenvalue weighted by atomic mass is 10.1. The Labute approximate surface area is 313 Å². The third-order valence-electron chi connectivity index (χ3n) is 12.2. The molecule has 2 N–H and O–H groups in total. The van der Waals surface area contributed by atoms with Crippen LogP contribution in [-0.2, 0) is 29.4 Å². The summed E-state index contributed by atoms with van der Waals surface area (Å²) in [6.07, 6.45) is 4.12. The van der Waals surface area contributed by atoms with E-state index in [2.05, 4.69) is 112 Å². The smallest absolute Gasteiger partial charge is 0.254 e. The largest absolute Gasteiger partial charge is 0.414 e. The molecular formula is C36H65N7O6Si3. The van der Waals surface area contributed by atoms with Crippen LogP contribution in [0.1, 0.15) is 80.5 Å². The van der Waals surface area contributed by atoms with Gasteiger partial charge in [0, 0.05) is 18.4 Å². The number of hydrogen-bond acceptors (Lipinski definition) is 11. The van der Waals surface area contributed by atoms with Crippen LogP contribution < -0.4 is 5.32 Å². The summed E-state index contributed by atoms with van der Waals surface area (Å²) in [4.78, 5) is 14.8. The molecule has 0 saturated carbocycles. The third kappa shape index (κ3) is 8.44. The fourth-order valence-corrected chi connectivity index (χ4v) is 9.18. The molecule has 0 aliphatic carbocycles. The molecule has 2 aliphatic heterocycles. The summed E-state index contributed by atoms with van der Waals surface area (Å²) in [6.45, 7) is 35.5. The quantitative estimate of drug-likeness (QED) is 0.178. The predicted molar refractivity (Wildman–Crippen MR) is 212 cm³/mol. The molecule has 0 amide bonds. The molecule has 13 nitrogen and oxygen atoms in total. The molecule has 3 aromatic rings. The Hall–Kier alpha value is -2.03. The number of fused-ring (bicyclic) bond motifs is 1. The van der Waals surface area contributed by atoms with Crippen LogP contribution in [0.4, 0.5) is 5.82 Å². The molecule has 52 heavy (non-hydrogen) atoms. The highest BCUT2D eigenvalue weighted by molar-refractivity contribution is 6.75. The minimum Gasteiger partial charge on any atom is -0.414 e. The van der Waals surface area contributed by atoms with Gasteiger partial charge in [-0.25, -0.2) is 9.67 Å². The molecule has 0 aromatic carbocycles. The Morgan fingerprint density at radius 1 is 0.885 bits per heavy atom. The van der Waals surface area contributed by atoms with Crippen LogP contribution in [0.3, 0.4) is 0 Å². The molecule has 0 radical (unpaired) electrons. The zero-order chi connectivity index (χ0) is 38.7. The lowest BCUT2D eigenvalue weighted by Crippen LogP contribution is -2.54. The molecule has 16 heteroatoms. The number of aromatic nitrogens is 6. The van der Waals surface area contributed by atoms with E-state index in [4.69, 9.17) is 37.7 Å². The van der Waals surface area contributed by atoms with Gasteiger partial charge in [0.15, 0.2) is 48.2 Å². The van der Waals surface area contributed by atoms with Gasteiger partial charge in [0.1, 0.15) is 18.3 Å². The number of imidazole rings is 1. The van der Waals surface area contributed by atoms with E-state index in [-0.39, 0.29) is 27.8 Å². The van der Waals surface area contributed by atoms with Crippen molar-refractivity contribution in [1.29, 1.82) is 0 Å². The molecule has 5 atom stereocenters. The van der Waals surface area contributed by atoms with Crippen LogP contribution >= 0.6 is 0 Å². The van der Waals surface area contributed by atoms with E-state index in [0.717, 1.165) is 6.42 Å². The Morgan fingerprint density at radius 3 is 2.04 bits per heavy atom. The molecule has 1 unspecified atom stereocenters. The average molecular weight is 776 g/mol. The maximum absolute atomic E-state index is 9.79. The zero-order valence-corrected chi connectivity index (χ0v) is 37.3. The Balaban J connectivity index is 1.67. The second-order valence-corrected chi connectivity index (χ2v) is 33.5. The minimum absolute atomic E-state index is 0.0296. The van der Waals surface area contributed by atoms with Crippen molar-refractivity contribution in [2.75, 3.05) is 25.1 Å². The molecule has 0 bridgehead atoms. The molecule has 0 spiro atoms. The van der Waals surface area contributed by atoms with Crippen molar-refractivity contribution in [3.63, 3.8) is 0 Å². The van der Waals surface area contributed by atoms with Crippen LogP contribution in [0.25, 0.3) is 17.1 Å². The Bertz CT molecular complexity index is 1690. The second kappa shape index (κ2) is 14.6. The number of rotatable bonds is 12. The molecule has 2 fully saturated rings. The van der Waals surface area contributed by atoms with Gasteiger partial charge in [-0.1, -0.05) is 62.3 Å². The first-order chi connectivity index (χ1) is 23.8. The molecular weight excluding hydrogens is 711 g/mol. The fourth-order valence-electron chi connectivity index (χ4n) is 5.56. The standard InChI is InChI=1S/C36H65N7O6Si3/c1-34(2,3)50(10,11)46-22-26-28(48-51(12,13)35(4,5)6)29(49-52(14,15)36(7,8)9)32(47-26)42-23-37-27-30(39-25-16-17-45-21-25)40-33(41-31(27)42)43-19-24(20-44)18-38-43/h18-19,23,25-26,28-29,32,44H,16-17,20-22H2,1-15H3,(H,39,40,41)/t25?,26-,28-,29-,32-/m1/s1. The van der Waals surface area contributed by atoms with E-state index in [1.807, 2.05) is 4.57 Å². The summed E-state index contributed by atoms with van der Waals surface area (Å²) >= 11 is 0. The van der Waals surface area contributed by atoms with Crippen LogP contribution in [0.15, 0.2) is 18.7 Å². The number of nitrogens with zero attached hydrogens (tertiary/aromatic N) is 6. The third-order valence-corrected chi connectivity index (χ3v) is 25.6. The summed E-state index contributed by atoms with van der Waals surface area (Å²) in [7, 11) is -6.86. The maximum atomic E-state index is 9.79. The first-order valence-corrected chi connectivity index (χ1v) is 27.5. The van der Waals surface area contributed by atoms with Gasteiger partial charge in [0.05, 0.1) is 38.4 Å². The van der Waals surface area contributed by atoms with Crippen LogP contribution in [0.2, 0.25) is 54.4 Å². The summed E-state index contributed by atoms with van der Waals surface area (Å²) in [5.74, 6) is 0.934. The van der Waals surface area contributed by atoms with E-state index >= 15 is 0 Å². The molecule has 2 aliphatic rings. The van der Waals surface area contributed by atoms with Crippen molar-refractivity contribution in [3.05, 3.63) is 24.3 Å². The van der Waals surface area contributed by atoms with E-state index in [1.165, 1.54) is 0 Å². The van der Waals surface area contributed by atoms with Crippen molar-refractivity contribution in [2.24, 2.45) is 0 Å². The zero-order valence-electron chi connectivity index (χ0n) is 34.3. The van der Waals surface area contributed by atoms with Crippen molar-refractivity contribution >= 4 is 41.9 Å². The van der Waals surface area contributed by atoms with Crippen molar-refractivity contribution in [2.45, 2.75) is 160 Å². The Morgan fingerprint density at radius 2 is 1.50 bits per heavy atom.